The van der Waals surface area contributed by atoms with Crippen LogP contribution in [0.3, 0.4) is 0 Å². The summed E-state index contributed by atoms with van der Waals surface area (Å²) in [7, 11) is 0. The summed E-state index contributed by atoms with van der Waals surface area (Å²) in [6.07, 6.45) is 0. The number of nitrogens with zero attached hydrogens (tertiary/aromatic N) is 4. The maximum Gasteiger partial charge on any atom is 0.164 e. The van der Waals surface area contributed by atoms with Crippen molar-refractivity contribution in [1.29, 1.82) is 5.26 Å². The van der Waals surface area contributed by atoms with Crippen LogP contribution in [0.15, 0.2) is 24.3 Å². The van der Waals surface area contributed by atoms with Crippen molar-refractivity contribution in [1.82, 2.24) is 14.8 Å². The molecule has 2 aromatic rings. The van der Waals surface area contributed by atoms with E-state index in [1.165, 1.54) is 0 Å². The Morgan fingerprint density at radius 3 is 2.44 bits per heavy atom. The molecule has 1 aromatic carbocycles. The van der Waals surface area contributed by atoms with Crippen LogP contribution < -0.4 is 0 Å². The standard InChI is InChI=1S/C13H13ClN4/c1-9(2)18-12(7-14)16-17-13(18)11-5-3-10(8-15)4-6-11/h3-6,9H,7H2,1-2H3. The minimum Gasteiger partial charge on any atom is -0.307 e. The zero-order chi connectivity index (χ0) is 13.1. The van der Waals surface area contributed by atoms with Crippen LogP contribution >= 0.6 is 11.6 Å². The van der Waals surface area contributed by atoms with E-state index < -0.39 is 0 Å². The van der Waals surface area contributed by atoms with Crippen molar-refractivity contribution in [2.24, 2.45) is 0 Å². The van der Waals surface area contributed by atoms with Crippen LogP contribution in [-0.4, -0.2) is 14.8 Å². The summed E-state index contributed by atoms with van der Waals surface area (Å²) < 4.78 is 2.01. The van der Waals surface area contributed by atoms with Crippen molar-refractivity contribution >= 4 is 11.6 Å². The van der Waals surface area contributed by atoms with Crippen molar-refractivity contribution in [3.05, 3.63) is 35.7 Å². The van der Waals surface area contributed by atoms with Gasteiger partial charge >= 0.3 is 0 Å². The Morgan fingerprint density at radius 2 is 1.94 bits per heavy atom. The molecule has 0 saturated carbocycles. The SMILES string of the molecule is CC(C)n1c(CCl)nnc1-c1ccc(C#N)cc1. The molecule has 5 heteroatoms. The number of benzene rings is 1. The molecular formula is C13H13ClN4. The monoisotopic (exact) mass is 260 g/mol. The van der Waals surface area contributed by atoms with Crippen LogP contribution in [0.25, 0.3) is 11.4 Å². The second-order valence-electron chi connectivity index (χ2n) is 4.23. The molecule has 92 valence electrons. The van der Waals surface area contributed by atoms with Crippen LogP contribution in [0, 0.1) is 11.3 Å². The molecular weight excluding hydrogens is 248 g/mol. The molecule has 0 aliphatic rings. The average molecular weight is 261 g/mol. The molecule has 0 spiro atoms. The van der Waals surface area contributed by atoms with Crippen molar-refractivity contribution in [3.63, 3.8) is 0 Å². The highest BCUT2D eigenvalue weighted by atomic mass is 35.5. The molecule has 0 atom stereocenters. The Morgan fingerprint density at radius 1 is 1.28 bits per heavy atom. The number of halogens is 1. The molecule has 0 aliphatic heterocycles. The van der Waals surface area contributed by atoms with Gasteiger partial charge in [-0.05, 0) is 38.1 Å². The minimum absolute atomic E-state index is 0.236. The molecule has 2 rings (SSSR count). The van der Waals surface area contributed by atoms with E-state index in [-0.39, 0.29) is 6.04 Å². The fraction of sp³-hybridized carbons (Fsp3) is 0.308. The molecule has 0 radical (unpaired) electrons. The number of nitriles is 1. The normalized spacial score (nSPS) is 10.6. The van der Waals surface area contributed by atoms with E-state index in [1.807, 2.05) is 16.7 Å². The lowest BCUT2D eigenvalue weighted by Crippen LogP contribution is -2.06. The van der Waals surface area contributed by atoms with Crippen molar-refractivity contribution in [2.75, 3.05) is 0 Å². The van der Waals surface area contributed by atoms with Gasteiger partial charge in [-0.25, -0.2) is 0 Å². The van der Waals surface area contributed by atoms with E-state index in [9.17, 15) is 0 Å². The van der Waals surface area contributed by atoms with Gasteiger partial charge < -0.3 is 4.57 Å². The van der Waals surface area contributed by atoms with E-state index in [1.54, 1.807) is 12.1 Å². The van der Waals surface area contributed by atoms with Gasteiger partial charge in [-0.3, -0.25) is 0 Å². The number of hydrogen-bond acceptors (Lipinski definition) is 3. The summed E-state index contributed by atoms with van der Waals surface area (Å²) in [5.41, 5.74) is 1.57. The fourth-order valence-corrected chi connectivity index (χ4v) is 2.03. The lowest BCUT2D eigenvalue weighted by Gasteiger charge is -2.12. The lowest BCUT2D eigenvalue weighted by atomic mass is 10.1. The quantitative estimate of drug-likeness (QED) is 0.797. The minimum atomic E-state index is 0.236. The first-order valence-electron chi connectivity index (χ1n) is 5.67. The van der Waals surface area contributed by atoms with Gasteiger partial charge in [-0.15, -0.1) is 21.8 Å². The van der Waals surface area contributed by atoms with Gasteiger partial charge in [0.1, 0.15) is 5.82 Å². The number of alkyl halides is 1. The number of aromatic nitrogens is 3. The molecule has 0 aliphatic carbocycles. The molecule has 0 N–H and O–H groups in total. The third kappa shape index (κ3) is 2.22. The third-order valence-corrected chi connectivity index (χ3v) is 2.91. The van der Waals surface area contributed by atoms with E-state index in [4.69, 9.17) is 16.9 Å². The first-order chi connectivity index (χ1) is 8.67. The highest BCUT2D eigenvalue weighted by Gasteiger charge is 2.15. The van der Waals surface area contributed by atoms with Crippen LogP contribution in [0.2, 0.25) is 0 Å². The summed E-state index contributed by atoms with van der Waals surface area (Å²) >= 11 is 5.86. The Bertz CT molecular complexity index is 578. The van der Waals surface area contributed by atoms with E-state index in [0.717, 1.165) is 17.2 Å². The Hall–Kier alpha value is -1.86. The third-order valence-electron chi connectivity index (χ3n) is 2.67. The second kappa shape index (κ2) is 5.19. The van der Waals surface area contributed by atoms with Crippen LogP contribution in [0.5, 0.6) is 0 Å². The van der Waals surface area contributed by atoms with Crippen LogP contribution in [-0.2, 0) is 5.88 Å². The molecule has 0 unspecified atom stereocenters. The molecule has 0 saturated heterocycles. The van der Waals surface area contributed by atoms with Crippen LogP contribution in [0.1, 0.15) is 31.3 Å². The van der Waals surface area contributed by atoms with Crippen molar-refractivity contribution in [3.8, 4) is 17.5 Å². The lowest BCUT2D eigenvalue weighted by molar-refractivity contribution is 0.585. The largest absolute Gasteiger partial charge is 0.307 e. The van der Waals surface area contributed by atoms with E-state index >= 15 is 0 Å². The van der Waals surface area contributed by atoms with Crippen LogP contribution in [0.4, 0.5) is 0 Å². The highest BCUT2D eigenvalue weighted by Crippen LogP contribution is 2.23. The van der Waals surface area contributed by atoms with E-state index in [2.05, 4.69) is 30.1 Å². The van der Waals surface area contributed by atoms with Crippen molar-refractivity contribution < 1.29 is 0 Å². The summed E-state index contributed by atoms with van der Waals surface area (Å²) in [6, 6.07) is 9.63. The van der Waals surface area contributed by atoms with E-state index in [0.29, 0.717) is 11.4 Å². The second-order valence-corrected chi connectivity index (χ2v) is 4.49. The van der Waals surface area contributed by atoms with Gasteiger partial charge in [-0.2, -0.15) is 5.26 Å². The molecule has 18 heavy (non-hydrogen) atoms. The summed E-state index contributed by atoms with van der Waals surface area (Å²) in [6.45, 7) is 4.12. The van der Waals surface area contributed by atoms with Gasteiger partial charge in [0.25, 0.3) is 0 Å². The first kappa shape index (κ1) is 12.6. The Balaban J connectivity index is 2.50. The fourth-order valence-electron chi connectivity index (χ4n) is 1.85. The highest BCUT2D eigenvalue weighted by molar-refractivity contribution is 6.16. The Labute approximate surface area is 111 Å². The molecule has 0 fully saturated rings. The first-order valence-corrected chi connectivity index (χ1v) is 6.21. The van der Waals surface area contributed by atoms with Crippen molar-refractivity contribution in [2.45, 2.75) is 25.8 Å². The molecule has 0 amide bonds. The maximum atomic E-state index is 8.78. The van der Waals surface area contributed by atoms with Gasteiger partial charge in [-0.1, -0.05) is 0 Å². The molecule has 1 heterocycles. The topological polar surface area (TPSA) is 54.5 Å². The zero-order valence-corrected chi connectivity index (χ0v) is 11.0. The summed E-state index contributed by atoms with van der Waals surface area (Å²) in [4.78, 5) is 0. The predicted molar refractivity (Wildman–Crippen MR) is 70.1 cm³/mol. The number of hydrogen-bond donors (Lipinski definition) is 0. The molecule has 0 bridgehead atoms. The smallest absolute Gasteiger partial charge is 0.164 e. The maximum absolute atomic E-state index is 8.78. The summed E-state index contributed by atoms with van der Waals surface area (Å²) in [5.74, 6) is 1.87. The number of rotatable bonds is 3. The van der Waals surface area contributed by atoms with Gasteiger partial charge in [0.15, 0.2) is 5.82 Å². The van der Waals surface area contributed by atoms with Gasteiger partial charge in [0.05, 0.1) is 17.5 Å². The Kier molecular flexibility index (Phi) is 3.63. The predicted octanol–water partition coefficient (Wildman–Crippen LogP) is 3.14. The molecule has 1 aromatic heterocycles. The average Bonchev–Trinajstić information content (AvgIpc) is 2.82. The van der Waals surface area contributed by atoms with Gasteiger partial charge in [0.2, 0.25) is 0 Å². The molecule has 4 nitrogen and oxygen atoms in total. The van der Waals surface area contributed by atoms with Gasteiger partial charge in [0, 0.05) is 11.6 Å². The summed E-state index contributed by atoms with van der Waals surface area (Å²) in [5, 5.41) is 17.1. The zero-order valence-electron chi connectivity index (χ0n) is 10.3.